The largest absolute Gasteiger partial charge is 0.493 e. The molecule has 1 aromatic rings. The highest BCUT2D eigenvalue weighted by Gasteiger charge is 2.33. The van der Waals surface area contributed by atoms with Crippen LogP contribution in [0.25, 0.3) is 0 Å². The lowest BCUT2D eigenvalue weighted by molar-refractivity contribution is -0.139. The number of nitrogens with one attached hydrogen (secondary N) is 1. The monoisotopic (exact) mass is 352 g/mol. The summed E-state index contributed by atoms with van der Waals surface area (Å²) in [5.41, 5.74) is 1.05. The number of rotatable bonds is 10. The Hall–Kier alpha value is -1.99. The summed E-state index contributed by atoms with van der Waals surface area (Å²) < 4.78 is 16.1. The Morgan fingerprint density at radius 2 is 1.80 bits per heavy atom. The predicted molar refractivity (Wildman–Crippen MR) is 94.6 cm³/mol. The number of carboxylic acid groups (broad SMARTS) is 1. The van der Waals surface area contributed by atoms with Crippen molar-refractivity contribution in [2.75, 3.05) is 34.4 Å². The zero-order chi connectivity index (χ0) is 18.4. The number of aliphatic carboxylic acids is 1. The molecule has 1 fully saturated rings. The van der Waals surface area contributed by atoms with Crippen LogP contribution >= 0.6 is 0 Å². The van der Waals surface area contributed by atoms with Crippen LogP contribution in [0.4, 0.5) is 0 Å². The fourth-order valence-electron chi connectivity index (χ4n) is 3.23. The average Bonchev–Trinajstić information content (AvgIpc) is 2.57. The van der Waals surface area contributed by atoms with E-state index in [1.54, 1.807) is 21.3 Å². The maximum Gasteiger partial charge on any atom is 0.317 e. The number of hydrogen-bond donors (Lipinski definition) is 2. The minimum absolute atomic E-state index is 0.112. The van der Waals surface area contributed by atoms with E-state index in [1.165, 1.54) is 0 Å². The first-order chi connectivity index (χ1) is 12.0. The lowest BCUT2D eigenvalue weighted by Gasteiger charge is -2.42. The van der Waals surface area contributed by atoms with Crippen LogP contribution in [-0.4, -0.2) is 62.5 Å². The van der Waals surface area contributed by atoms with Crippen LogP contribution in [0.3, 0.4) is 0 Å². The van der Waals surface area contributed by atoms with Crippen LogP contribution in [0.5, 0.6) is 17.2 Å². The minimum atomic E-state index is -0.768. The number of benzene rings is 1. The van der Waals surface area contributed by atoms with E-state index in [0.29, 0.717) is 35.9 Å². The summed E-state index contributed by atoms with van der Waals surface area (Å²) in [5, 5.41) is 12.5. The molecular formula is C18H28N2O5. The molecule has 2 rings (SSSR count). The van der Waals surface area contributed by atoms with Crippen molar-refractivity contribution in [3.63, 3.8) is 0 Å². The molecule has 7 nitrogen and oxygen atoms in total. The van der Waals surface area contributed by atoms with Gasteiger partial charge < -0.3 is 24.6 Å². The van der Waals surface area contributed by atoms with Crippen molar-refractivity contribution in [3.05, 3.63) is 17.7 Å². The molecule has 0 saturated heterocycles. The van der Waals surface area contributed by atoms with Crippen molar-refractivity contribution in [2.24, 2.45) is 0 Å². The number of likely N-dealkylation sites (N-methyl/N-ethyl adjacent to an activating group) is 1. The Balaban J connectivity index is 1.90. The molecule has 1 aliphatic rings. The van der Waals surface area contributed by atoms with Crippen LogP contribution in [0, 0.1) is 0 Å². The Morgan fingerprint density at radius 3 is 2.24 bits per heavy atom. The van der Waals surface area contributed by atoms with Crippen molar-refractivity contribution in [2.45, 2.75) is 38.4 Å². The fraction of sp³-hybridized carbons (Fsp3) is 0.611. The van der Waals surface area contributed by atoms with Crippen molar-refractivity contribution in [1.82, 2.24) is 10.2 Å². The van der Waals surface area contributed by atoms with E-state index in [0.717, 1.165) is 24.9 Å². The van der Waals surface area contributed by atoms with E-state index >= 15 is 0 Å². The van der Waals surface area contributed by atoms with Gasteiger partial charge in [0.25, 0.3) is 0 Å². The number of methoxy groups -OCH3 is 3. The third-order valence-corrected chi connectivity index (χ3v) is 4.69. The second kappa shape index (κ2) is 8.92. The zero-order valence-electron chi connectivity index (χ0n) is 15.4. The predicted octanol–water partition coefficient (Wildman–Crippen LogP) is 1.74. The van der Waals surface area contributed by atoms with Crippen molar-refractivity contribution < 1.29 is 24.1 Å². The lowest BCUT2D eigenvalue weighted by atomic mass is 9.85. The number of hydrogen-bond acceptors (Lipinski definition) is 6. The molecule has 140 valence electrons. The Morgan fingerprint density at radius 1 is 1.20 bits per heavy atom. The quantitative estimate of drug-likeness (QED) is 0.664. The van der Waals surface area contributed by atoms with Gasteiger partial charge in [-0.05, 0) is 37.1 Å². The molecule has 0 radical (unpaired) electrons. The van der Waals surface area contributed by atoms with Crippen molar-refractivity contribution >= 4 is 5.97 Å². The van der Waals surface area contributed by atoms with Gasteiger partial charge in [0.15, 0.2) is 11.5 Å². The standard InChI is InChI=1S/C18H28N2O5/c1-5-20(11-17(21)22)14-8-13(9-14)19-10-12-6-15(23-2)18(25-4)16(7-12)24-3/h6-7,13-14,19H,5,8-11H2,1-4H3,(H,21,22). The van der Waals surface area contributed by atoms with E-state index in [9.17, 15) is 4.79 Å². The van der Waals surface area contributed by atoms with Gasteiger partial charge in [-0.2, -0.15) is 0 Å². The number of carbonyl (C=O) groups is 1. The summed E-state index contributed by atoms with van der Waals surface area (Å²) in [7, 11) is 4.79. The van der Waals surface area contributed by atoms with Gasteiger partial charge in [-0.25, -0.2) is 0 Å². The molecule has 1 aliphatic carbocycles. The van der Waals surface area contributed by atoms with E-state index in [-0.39, 0.29) is 6.54 Å². The maximum absolute atomic E-state index is 10.9. The topological polar surface area (TPSA) is 80.3 Å². The van der Waals surface area contributed by atoms with Crippen LogP contribution < -0.4 is 19.5 Å². The molecule has 0 aliphatic heterocycles. The minimum Gasteiger partial charge on any atom is -0.493 e. The van der Waals surface area contributed by atoms with Crippen molar-refractivity contribution in [3.8, 4) is 17.2 Å². The van der Waals surface area contributed by atoms with Gasteiger partial charge >= 0.3 is 5.97 Å². The van der Waals surface area contributed by atoms with Gasteiger partial charge in [-0.3, -0.25) is 9.69 Å². The molecular weight excluding hydrogens is 324 g/mol. The first-order valence-corrected chi connectivity index (χ1v) is 8.50. The fourth-order valence-corrected chi connectivity index (χ4v) is 3.23. The third-order valence-electron chi connectivity index (χ3n) is 4.69. The molecule has 0 amide bonds. The smallest absolute Gasteiger partial charge is 0.317 e. The van der Waals surface area contributed by atoms with Gasteiger partial charge in [0.05, 0.1) is 27.9 Å². The number of carboxylic acids is 1. The third kappa shape index (κ3) is 4.76. The van der Waals surface area contributed by atoms with Gasteiger partial charge in [-0.15, -0.1) is 0 Å². The van der Waals surface area contributed by atoms with Crippen LogP contribution in [0.2, 0.25) is 0 Å². The molecule has 0 spiro atoms. The van der Waals surface area contributed by atoms with E-state index in [2.05, 4.69) is 5.32 Å². The normalized spacial score (nSPS) is 19.4. The average molecular weight is 352 g/mol. The van der Waals surface area contributed by atoms with Gasteiger partial charge in [-0.1, -0.05) is 6.92 Å². The Labute approximate surface area is 148 Å². The number of nitrogens with zero attached hydrogens (tertiary/aromatic N) is 1. The molecule has 25 heavy (non-hydrogen) atoms. The molecule has 0 atom stereocenters. The van der Waals surface area contributed by atoms with Gasteiger partial charge in [0, 0.05) is 18.6 Å². The summed E-state index contributed by atoms with van der Waals surface area (Å²) in [6.45, 7) is 3.57. The highest BCUT2D eigenvalue weighted by Crippen LogP contribution is 2.38. The second-order valence-corrected chi connectivity index (χ2v) is 6.19. The Bertz CT molecular complexity index is 562. The maximum atomic E-state index is 10.9. The molecule has 1 aromatic carbocycles. The summed E-state index contributed by atoms with van der Waals surface area (Å²) in [6.07, 6.45) is 1.93. The summed E-state index contributed by atoms with van der Waals surface area (Å²) >= 11 is 0. The molecule has 0 unspecified atom stereocenters. The van der Waals surface area contributed by atoms with Crippen LogP contribution in [-0.2, 0) is 11.3 Å². The van der Waals surface area contributed by atoms with E-state index < -0.39 is 5.97 Å². The second-order valence-electron chi connectivity index (χ2n) is 6.19. The molecule has 0 bridgehead atoms. The summed E-state index contributed by atoms with van der Waals surface area (Å²) in [6, 6.07) is 4.62. The van der Waals surface area contributed by atoms with Crippen LogP contribution in [0.1, 0.15) is 25.3 Å². The molecule has 1 saturated carbocycles. The van der Waals surface area contributed by atoms with Gasteiger partial charge in [0.2, 0.25) is 5.75 Å². The molecule has 2 N–H and O–H groups in total. The molecule has 7 heteroatoms. The van der Waals surface area contributed by atoms with E-state index in [1.807, 2.05) is 24.0 Å². The highest BCUT2D eigenvalue weighted by atomic mass is 16.5. The lowest BCUT2D eigenvalue weighted by Crippen LogP contribution is -2.53. The zero-order valence-corrected chi connectivity index (χ0v) is 15.4. The summed E-state index contributed by atoms with van der Waals surface area (Å²) in [5.74, 6) is 1.10. The number of ether oxygens (including phenoxy) is 3. The highest BCUT2D eigenvalue weighted by molar-refractivity contribution is 5.69. The first-order valence-electron chi connectivity index (χ1n) is 8.50. The molecule has 0 heterocycles. The van der Waals surface area contributed by atoms with Crippen LogP contribution in [0.15, 0.2) is 12.1 Å². The summed E-state index contributed by atoms with van der Waals surface area (Å²) in [4.78, 5) is 12.9. The van der Waals surface area contributed by atoms with E-state index in [4.69, 9.17) is 19.3 Å². The van der Waals surface area contributed by atoms with Gasteiger partial charge in [0.1, 0.15) is 0 Å². The first kappa shape index (κ1) is 19.3. The molecule has 0 aromatic heterocycles. The van der Waals surface area contributed by atoms with Crippen molar-refractivity contribution in [1.29, 1.82) is 0 Å². The Kier molecular flexibility index (Phi) is 6.90. The SMILES string of the molecule is CCN(CC(=O)O)C1CC(NCc2cc(OC)c(OC)c(OC)c2)C1.